The maximum Gasteiger partial charge on any atom is 0.295 e. The molecule has 1 fully saturated rings. The molecule has 1 atom stereocenters. The molecule has 0 saturated carbocycles. The molecule has 1 heterocycles. The second kappa shape index (κ2) is 12.6. The van der Waals surface area contributed by atoms with E-state index in [0.29, 0.717) is 30.1 Å². The second-order valence-electron chi connectivity index (χ2n) is 9.67. The topological polar surface area (TPSA) is 85.3 Å². The molecule has 1 amide bonds. The van der Waals surface area contributed by atoms with Crippen molar-refractivity contribution in [3.05, 3.63) is 101 Å². The Kier molecular flexibility index (Phi) is 9.04. The molecule has 1 saturated heterocycles. The number of ether oxygens (including phenoxy) is 3. The highest BCUT2D eigenvalue weighted by Gasteiger charge is 2.46. The van der Waals surface area contributed by atoms with Crippen molar-refractivity contribution in [2.75, 3.05) is 26.9 Å². The van der Waals surface area contributed by atoms with Gasteiger partial charge in [-0.3, -0.25) is 9.59 Å². The number of carbonyl (C=O) groups is 2. The number of aliphatic hydroxyl groups excluding tert-OH is 1. The predicted octanol–water partition coefficient (Wildman–Crippen LogP) is 5.86. The smallest absolute Gasteiger partial charge is 0.295 e. The number of carbonyl (C=O) groups excluding carboxylic acids is 2. The standard InChI is InChI=1S/C32H35NO6/c1-5-38-27-16-13-24(19-26(27)21(2)3)30(34)28-29(33(17-18-37-4)32(36)31(28)35)23-11-14-25(15-12-23)39-20-22-9-7-6-8-10-22/h6-16,19,21,29,34H,5,17-18,20H2,1-4H3/b30-28-. The third-order valence-electron chi connectivity index (χ3n) is 6.73. The van der Waals surface area contributed by atoms with Gasteiger partial charge in [-0.05, 0) is 59.9 Å². The van der Waals surface area contributed by atoms with Crippen molar-refractivity contribution in [1.29, 1.82) is 0 Å². The molecule has 7 heteroatoms. The van der Waals surface area contributed by atoms with Crippen LogP contribution in [0, 0.1) is 0 Å². The Morgan fingerprint density at radius 3 is 2.33 bits per heavy atom. The molecule has 0 radical (unpaired) electrons. The van der Waals surface area contributed by atoms with E-state index in [0.717, 1.165) is 16.9 Å². The van der Waals surface area contributed by atoms with E-state index < -0.39 is 17.7 Å². The van der Waals surface area contributed by atoms with Crippen LogP contribution >= 0.6 is 0 Å². The maximum absolute atomic E-state index is 13.3. The van der Waals surface area contributed by atoms with E-state index in [1.54, 1.807) is 12.1 Å². The van der Waals surface area contributed by atoms with E-state index in [1.807, 2.05) is 81.4 Å². The van der Waals surface area contributed by atoms with E-state index in [1.165, 1.54) is 12.0 Å². The molecule has 3 aromatic rings. The summed E-state index contributed by atoms with van der Waals surface area (Å²) >= 11 is 0. The van der Waals surface area contributed by atoms with Crippen molar-refractivity contribution in [3.63, 3.8) is 0 Å². The van der Waals surface area contributed by atoms with Gasteiger partial charge in [-0.25, -0.2) is 0 Å². The molecular formula is C32H35NO6. The third-order valence-corrected chi connectivity index (χ3v) is 6.73. The van der Waals surface area contributed by atoms with Gasteiger partial charge in [-0.2, -0.15) is 0 Å². The minimum absolute atomic E-state index is 0.0490. The normalized spacial score (nSPS) is 16.6. The molecule has 1 N–H and O–H groups in total. The molecule has 3 aromatic carbocycles. The molecule has 0 spiro atoms. The first-order valence-electron chi connectivity index (χ1n) is 13.2. The summed E-state index contributed by atoms with van der Waals surface area (Å²) in [6.45, 7) is 7.37. The lowest BCUT2D eigenvalue weighted by Gasteiger charge is -2.25. The van der Waals surface area contributed by atoms with Crippen molar-refractivity contribution < 1.29 is 28.9 Å². The Balaban J connectivity index is 1.72. The van der Waals surface area contributed by atoms with Crippen LogP contribution in [0.1, 0.15) is 55.0 Å². The number of benzene rings is 3. The van der Waals surface area contributed by atoms with E-state index in [4.69, 9.17) is 14.2 Å². The molecule has 0 aliphatic carbocycles. The Morgan fingerprint density at radius 2 is 1.69 bits per heavy atom. The minimum Gasteiger partial charge on any atom is -0.507 e. The number of hydrogen-bond donors (Lipinski definition) is 1. The van der Waals surface area contributed by atoms with E-state index in [-0.39, 0.29) is 30.4 Å². The number of hydrogen-bond acceptors (Lipinski definition) is 6. The Labute approximate surface area is 229 Å². The van der Waals surface area contributed by atoms with Crippen molar-refractivity contribution >= 4 is 17.4 Å². The fraction of sp³-hybridized carbons (Fsp3) is 0.312. The number of rotatable bonds is 11. The summed E-state index contributed by atoms with van der Waals surface area (Å²) < 4.78 is 16.9. The largest absolute Gasteiger partial charge is 0.507 e. The van der Waals surface area contributed by atoms with Gasteiger partial charge in [0.25, 0.3) is 11.7 Å². The summed E-state index contributed by atoms with van der Waals surface area (Å²) in [6, 6.07) is 21.7. The van der Waals surface area contributed by atoms with Crippen LogP contribution < -0.4 is 9.47 Å². The highest BCUT2D eigenvalue weighted by Crippen LogP contribution is 2.40. The average molecular weight is 530 g/mol. The van der Waals surface area contributed by atoms with Gasteiger partial charge in [0.2, 0.25) is 0 Å². The Hall–Kier alpha value is -4.10. The maximum atomic E-state index is 13.3. The van der Waals surface area contributed by atoms with Crippen LogP contribution in [0.3, 0.4) is 0 Å². The molecule has 1 unspecified atom stereocenters. The zero-order valence-electron chi connectivity index (χ0n) is 22.8. The predicted molar refractivity (Wildman–Crippen MR) is 150 cm³/mol. The first-order valence-corrected chi connectivity index (χ1v) is 13.2. The number of methoxy groups -OCH3 is 1. The molecular weight excluding hydrogens is 494 g/mol. The van der Waals surface area contributed by atoms with Crippen LogP contribution in [0.4, 0.5) is 0 Å². The third kappa shape index (κ3) is 6.15. The zero-order chi connectivity index (χ0) is 27.9. The summed E-state index contributed by atoms with van der Waals surface area (Å²) in [5, 5.41) is 11.5. The Bertz CT molecular complexity index is 1330. The number of amides is 1. The van der Waals surface area contributed by atoms with Crippen molar-refractivity contribution in [2.24, 2.45) is 0 Å². The van der Waals surface area contributed by atoms with Crippen LogP contribution in [-0.4, -0.2) is 48.6 Å². The number of Topliss-reactive ketones (excluding diaryl/α,β-unsaturated/α-hetero) is 1. The lowest BCUT2D eigenvalue weighted by Crippen LogP contribution is -2.32. The molecule has 39 heavy (non-hydrogen) atoms. The fourth-order valence-electron chi connectivity index (χ4n) is 4.72. The monoisotopic (exact) mass is 529 g/mol. The average Bonchev–Trinajstić information content (AvgIpc) is 3.20. The van der Waals surface area contributed by atoms with E-state index in [9.17, 15) is 14.7 Å². The summed E-state index contributed by atoms with van der Waals surface area (Å²) in [7, 11) is 1.54. The molecule has 0 bridgehead atoms. The molecule has 1 aliphatic heterocycles. The van der Waals surface area contributed by atoms with E-state index >= 15 is 0 Å². The molecule has 0 aromatic heterocycles. The lowest BCUT2D eigenvalue weighted by molar-refractivity contribution is -0.140. The van der Waals surface area contributed by atoms with Crippen molar-refractivity contribution in [2.45, 2.75) is 39.3 Å². The summed E-state index contributed by atoms with van der Waals surface area (Å²) in [5.74, 6) is -0.0944. The number of likely N-dealkylation sites (tertiary alicyclic amines) is 1. The van der Waals surface area contributed by atoms with Gasteiger partial charge in [0, 0.05) is 19.2 Å². The van der Waals surface area contributed by atoms with Gasteiger partial charge in [-0.15, -0.1) is 0 Å². The minimum atomic E-state index is -0.766. The van der Waals surface area contributed by atoms with Crippen LogP contribution in [0.2, 0.25) is 0 Å². The van der Waals surface area contributed by atoms with Crippen molar-refractivity contribution in [3.8, 4) is 11.5 Å². The summed E-state index contributed by atoms with van der Waals surface area (Å²) in [5.41, 5.74) is 3.15. The quantitative estimate of drug-likeness (QED) is 0.190. The van der Waals surface area contributed by atoms with Crippen LogP contribution in [-0.2, 0) is 20.9 Å². The van der Waals surface area contributed by atoms with Gasteiger partial charge in [0.15, 0.2) is 0 Å². The van der Waals surface area contributed by atoms with Crippen molar-refractivity contribution in [1.82, 2.24) is 4.90 Å². The van der Waals surface area contributed by atoms with Gasteiger partial charge in [0.05, 0.1) is 24.8 Å². The van der Waals surface area contributed by atoms with Gasteiger partial charge >= 0.3 is 0 Å². The number of ketones is 1. The molecule has 4 rings (SSSR count). The lowest BCUT2D eigenvalue weighted by atomic mass is 9.93. The summed E-state index contributed by atoms with van der Waals surface area (Å²) in [6.07, 6.45) is 0. The molecule has 7 nitrogen and oxygen atoms in total. The van der Waals surface area contributed by atoms with Gasteiger partial charge in [-0.1, -0.05) is 56.3 Å². The van der Waals surface area contributed by atoms with E-state index in [2.05, 4.69) is 0 Å². The molecule has 204 valence electrons. The number of nitrogens with zero attached hydrogens (tertiary/aromatic N) is 1. The van der Waals surface area contributed by atoms with Gasteiger partial charge < -0.3 is 24.2 Å². The zero-order valence-corrected chi connectivity index (χ0v) is 22.8. The number of aliphatic hydroxyl groups is 1. The first-order chi connectivity index (χ1) is 18.8. The first kappa shape index (κ1) is 27.9. The van der Waals surface area contributed by atoms with Crippen LogP contribution in [0.5, 0.6) is 11.5 Å². The highest BCUT2D eigenvalue weighted by atomic mass is 16.5. The molecule has 1 aliphatic rings. The van der Waals surface area contributed by atoms with Crippen LogP contribution in [0.25, 0.3) is 5.76 Å². The SMILES string of the molecule is CCOc1ccc(/C(O)=C2/C(=O)C(=O)N(CCOC)C2c2ccc(OCc3ccccc3)cc2)cc1C(C)C. The Morgan fingerprint density at radius 1 is 0.974 bits per heavy atom. The fourth-order valence-corrected chi connectivity index (χ4v) is 4.72. The van der Waals surface area contributed by atoms with Crippen LogP contribution in [0.15, 0.2) is 78.4 Å². The van der Waals surface area contributed by atoms with Gasteiger partial charge in [0.1, 0.15) is 23.9 Å². The second-order valence-corrected chi connectivity index (χ2v) is 9.67. The highest BCUT2D eigenvalue weighted by molar-refractivity contribution is 6.46. The summed E-state index contributed by atoms with van der Waals surface area (Å²) in [4.78, 5) is 27.9.